The molecule has 26 heavy (non-hydrogen) atoms. The lowest BCUT2D eigenvalue weighted by Crippen LogP contribution is -2.08. The summed E-state index contributed by atoms with van der Waals surface area (Å²) >= 11 is 0. The zero-order valence-corrected chi connectivity index (χ0v) is 15.3. The van der Waals surface area contributed by atoms with Gasteiger partial charge >= 0.3 is 5.97 Å². The van der Waals surface area contributed by atoms with Gasteiger partial charge in [-0.25, -0.2) is 4.79 Å². The van der Waals surface area contributed by atoms with Crippen LogP contribution >= 0.6 is 0 Å². The van der Waals surface area contributed by atoms with Gasteiger partial charge in [0.25, 0.3) is 0 Å². The highest BCUT2D eigenvalue weighted by atomic mass is 16.5. The summed E-state index contributed by atoms with van der Waals surface area (Å²) in [5.41, 5.74) is 0.484. The SMILES string of the molecule is C=CCCCCCCOc1ccc(C(=O)Oc2ccc(OC)cc2)cc1. The molecule has 0 aliphatic rings. The highest BCUT2D eigenvalue weighted by Gasteiger charge is 2.09. The molecule has 138 valence electrons. The van der Waals surface area contributed by atoms with Gasteiger partial charge in [-0.15, -0.1) is 6.58 Å². The van der Waals surface area contributed by atoms with Crippen molar-refractivity contribution in [3.8, 4) is 17.2 Å². The van der Waals surface area contributed by atoms with E-state index in [-0.39, 0.29) is 0 Å². The average molecular weight is 354 g/mol. The third-order valence-electron chi connectivity index (χ3n) is 3.93. The largest absolute Gasteiger partial charge is 0.497 e. The summed E-state index contributed by atoms with van der Waals surface area (Å²) in [6.07, 6.45) is 7.60. The Morgan fingerprint density at radius 3 is 2.15 bits per heavy atom. The smallest absolute Gasteiger partial charge is 0.343 e. The van der Waals surface area contributed by atoms with Gasteiger partial charge in [0.2, 0.25) is 0 Å². The van der Waals surface area contributed by atoms with Crippen LogP contribution in [0.3, 0.4) is 0 Å². The van der Waals surface area contributed by atoms with Crippen molar-refractivity contribution < 1.29 is 19.0 Å². The van der Waals surface area contributed by atoms with E-state index in [2.05, 4.69) is 6.58 Å². The minimum Gasteiger partial charge on any atom is -0.497 e. The number of carbonyl (C=O) groups excluding carboxylic acids is 1. The van der Waals surface area contributed by atoms with Gasteiger partial charge in [0.05, 0.1) is 19.3 Å². The number of rotatable bonds is 11. The van der Waals surface area contributed by atoms with E-state index in [1.54, 1.807) is 55.6 Å². The monoisotopic (exact) mass is 354 g/mol. The molecule has 2 rings (SSSR count). The molecule has 0 saturated carbocycles. The quantitative estimate of drug-likeness (QED) is 0.234. The van der Waals surface area contributed by atoms with Gasteiger partial charge in [0, 0.05) is 0 Å². The van der Waals surface area contributed by atoms with E-state index in [0.29, 0.717) is 23.7 Å². The van der Waals surface area contributed by atoms with Crippen molar-refractivity contribution in [3.63, 3.8) is 0 Å². The van der Waals surface area contributed by atoms with Crippen LogP contribution < -0.4 is 14.2 Å². The van der Waals surface area contributed by atoms with Crippen LogP contribution in [0.25, 0.3) is 0 Å². The Morgan fingerprint density at radius 2 is 1.50 bits per heavy atom. The molecule has 2 aromatic rings. The molecule has 0 aromatic heterocycles. The first-order valence-corrected chi connectivity index (χ1v) is 8.93. The second kappa shape index (κ2) is 11.0. The fraction of sp³-hybridized carbons (Fsp3) is 0.318. The Kier molecular flexibility index (Phi) is 8.27. The predicted molar refractivity (Wildman–Crippen MR) is 103 cm³/mol. The number of hydrogen-bond donors (Lipinski definition) is 0. The molecule has 0 fully saturated rings. The molecular formula is C22H26O4. The van der Waals surface area contributed by atoms with Crippen LogP contribution in [0.4, 0.5) is 0 Å². The summed E-state index contributed by atoms with van der Waals surface area (Å²) in [5.74, 6) is 1.56. The Hall–Kier alpha value is -2.75. The number of hydrogen-bond acceptors (Lipinski definition) is 4. The van der Waals surface area contributed by atoms with Gasteiger partial charge in [-0.05, 0) is 67.8 Å². The Bertz CT molecular complexity index is 674. The fourth-order valence-electron chi connectivity index (χ4n) is 2.43. The molecule has 0 atom stereocenters. The van der Waals surface area contributed by atoms with Gasteiger partial charge in [-0.3, -0.25) is 0 Å². The summed E-state index contributed by atoms with van der Waals surface area (Å²) in [6, 6.07) is 13.9. The molecule has 4 heteroatoms. The summed E-state index contributed by atoms with van der Waals surface area (Å²) in [6.45, 7) is 4.41. The van der Waals surface area contributed by atoms with E-state index < -0.39 is 5.97 Å². The number of methoxy groups -OCH3 is 1. The normalized spacial score (nSPS) is 10.2. The Balaban J connectivity index is 1.75. The van der Waals surface area contributed by atoms with Crippen molar-refractivity contribution in [2.75, 3.05) is 13.7 Å². The first-order valence-electron chi connectivity index (χ1n) is 8.93. The van der Waals surface area contributed by atoms with Crippen LogP contribution in [-0.2, 0) is 0 Å². The molecule has 0 spiro atoms. The molecule has 0 bridgehead atoms. The highest BCUT2D eigenvalue weighted by molar-refractivity contribution is 5.91. The van der Waals surface area contributed by atoms with Crippen LogP contribution in [0.2, 0.25) is 0 Å². The van der Waals surface area contributed by atoms with Crippen molar-refractivity contribution in [2.45, 2.75) is 32.1 Å². The third kappa shape index (κ3) is 6.63. The van der Waals surface area contributed by atoms with Crippen LogP contribution in [0.15, 0.2) is 61.2 Å². The van der Waals surface area contributed by atoms with Crippen LogP contribution in [0.5, 0.6) is 17.2 Å². The number of allylic oxidation sites excluding steroid dienone is 1. The zero-order chi connectivity index (χ0) is 18.6. The minimum absolute atomic E-state index is 0.399. The third-order valence-corrected chi connectivity index (χ3v) is 3.93. The van der Waals surface area contributed by atoms with Gasteiger partial charge in [-0.2, -0.15) is 0 Å². The Labute approximate surface area is 155 Å². The van der Waals surface area contributed by atoms with Crippen molar-refractivity contribution in [1.82, 2.24) is 0 Å². The number of ether oxygens (including phenoxy) is 3. The summed E-state index contributed by atoms with van der Waals surface area (Å²) in [4.78, 5) is 12.2. The molecule has 0 amide bonds. The maximum absolute atomic E-state index is 12.2. The number of carbonyl (C=O) groups is 1. The second-order valence-electron chi connectivity index (χ2n) is 5.93. The lowest BCUT2D eigenvalue weighted by Gasteiger charge is -2.08. The minimum atomic E-state index is -0.399. The van der Waals surface area contributed by atoms with E-state index in [4.69, 9.17) is 14.2 Å². The standard InChI is InChI=1S/C22H26O4/c1-3-4-5-6-7-8-17-25-20-11-9-18(10-12-20)22(23)26-21-15-13-19(24-2)14-16-21/h3,9-16H,1,4-8,17H2,2H3. The molecule has 0 aliphatic carbocycles. The summed E-state index contributed by atoms with van der Waals surface area (Å²) in [5, 5.41) is 0. The van der Waals surface area contributed by atoms with Gasteiger partial charge < -0.3 is 14.2 Å². The number of esters is 1. The van der Waals surface area contributed by atoms with E-state index in [1.807, 2.05) is 6.08 Å². The van der Waals surface area contributed by atoms with Crippen molar-refractivity contribution >= 4 is 5.97 Å². The van der Waals surface area contributed by atoms with Crippen molar-refractivity contribution in [2.24, 2.45) is 0 Å². The summed E-state index contributed by atoms with van der Waals surface area (Å²) in [7, 11) is 1.59. The van der Waals surface area contributed by atoms with E-state index in [9.17, 15) is 4.79 Å². The molecule has 0 aliphatic heterocycles. The zero-order valence-electron chi connectivity index (χ0n) is 15.3. The van der Waals surface area contributed by atoms with Crippen molar-refractivity contribution in [1.29, 1.82) is 0 Å². The van der Waals surface area contributed by atoms with Crippen LogP contribution in [-0.4, -0.2) is 19.7 Å². The average Bonchev–Trinajstić information content (AvgIpc) is 2.68. The van der Waals surface area contributed by atoms with Gasteiger partial charge in [0.15, 0.2) is 0 Å². The van der Waals surface area contributed by atoms with Crippen LogP contribution in [0.1, 0.15) is 42.5 Å². The lowest BCUT2D eigenvalue weighted by atomic mass is 10.1. The topological polar surface area (TPSA) is 44.8 Å². The molecule has 0 radical (unpaired) electrons. The van der Waals surface area contributed by atoms with Gasteiger partial charge in [0.1, 0.15) is 17.2 Å². The molecule has 0 saturated heterocycles. The second-order valence-corrected chi connectivity index (χ2v) is 5.93. The van der Waals surface area contributed by atoms with E-state index in [0.717, 1.165) is 25.0 Å². The maximum Gasteiger partial charge on any atom is 0.343 e. The molecule has 2 aromatic carbocycles. The number of benzene rings is 2. The molecule has 4 nitrogen and oxygen atoms in total. The first-order chi connectivity index (χ1) is 12.7. The van der Waals surface area contributed by atoms with Gasteiger partial charge in [-0.1, -0.05) is 18.9 Å². The van der Waals surface area contributed by atoms with E-state index in [1.165, 1.54) is 12.8 Å². The highest BCUT2D eigenvalue weighted by Crippen LogP contribution is 2.19. The molecular weight excluding hydrogens is 328 g/mol. The summed E-state index contributed by atoms with van der Waals surface area (Å²) < 4.78 is 16.1. The van der Waals surface area contributed by atoms with Crippen LogP contribution in [0, 0.1) is 0 Å². The maximum atomic E-state index is 12.2. The molecule has 0 N–H and O–H groups in total. The lowest BCUT2D eigenvalue weighted by molar-refractivity contribution is 0.0734. The van der Waals surface area contributed by atoms with E-state index >= 15 is 0 Å². The number of unbranched alkanes of at least 4 members (excludes halogenated alkanes) is 4. The molecule has 0 unspecified atom stereocenters. The molecule has 0 heterocycles. The fourth-order valence-corrected chi connectivity index (χ4v) is 2.43. The van der Waals surface area contributed by atoms with Crippen molar-refractivity contribution in [3.05, 3.63) is 66.7 Å². The predicted octanol–water partition coefficient (Wildman–Crippen LogP) is 5.43. The Morgan fingerprint density at radius 1 is 0.885 bits per heavy atom. The first kappa shape index (κ1) is 19.6.